The zero-order valence-corrected chi connectivity index (χ0v) is 8.11. The van der Waals surface area contributed by atoms with Gasteiger partial charge >= 0.3 is 6.09 Å². The van der Waals surface area contributed by atoms with Gasteiger partial charge in [-0.1, -0.05) is 0 Å². The Bertz CT molecular complexity index is 218. The van der Waals surface area contributed by atoms with Gasteiger partial charge in [0.05, 0.1) is 19.3 Å². The molecule has 0 spiro atoms. The number of rotatable bonds is 3. The van der Waals surface area contributed by atoms with E-state index in [1.807, 2.05) is 0 Å². The average molecular weight is 200 g/mol. The number of hydrogen-bond acceptors (Lipinski definition) is 3. The zero-order valence-electron chi connectivity index (χ0n) is 8.11. The number of likely N-dealkylation sites (tertiary alicyclic amines) is 1. The number of carbonyl (C=O) groups is 1. The third-order valence-electron chi connectivity index (χ3n) is 3.00. The van der Waals surface area contributed by atoms with Crippen molar-refractivity contribution in [3.63, 3.8) is 0 Å². The van der Waals surface area contributed by atoms with Crippen molar-refractivity contribution in [1.82, 2.24) is 10.2 Å². The van der Waals surface area contributed by atoms with Gasteiger partial charge in [0, 0.05) is 13.1 Å². The lowest BCUT2D eigenvalue weighted by Crippen LogP contribution is -2.48. The van der Waals surface area contributed by atoms with E-state index in [4.69, 9.17) is 9.84 Å². The molecule has 2 saturated heterocycles. The van der Waals surface area contributed by atoms with Gasteiger partial charge in [-0.3, -0.25) is 4.90 Å². The van der Waals surface area contributed by atoms with Crippen molar-refractivity contribution in [1.29, 1.82) is 0 Å². The SMILES string of the molecule is O=C(O)NCC1CCN(C2COC2)C1. The summed E-state index contributed by atoms with van der Waals surface area (Å²) in [6.07, 6.45) is 0.173. The minimum Gasteiger partial charge on any atom is -0.465 e. The first-order valence-corrected chi connectivity index (χ1v) is 5.04. The van der Waals surface area contributed by atoms with Gasteiger partial charge in [0.1, 0.15) is 0 Å². The van der Waals surface area contributed by atoms with E-state index in [0.29, 0.717) is 18.5 Å². The normalized spacial score (nSPS) is 28.7. The smallest absolute Gasteiger partial charge is 0.404 e. The van der Waals surface area contributed by atoms with Crippen molar-refractivity contribution < 1.29 is 14.6 Å². The molecular formula is C9H16N2O3. The van der Waals surface area contributed by atoms with Crippen molar-refractivity contribution in [2.45, 2.75) is 12.5 Å². The van der Waals surface area contributed by atoms with E-state index in [-0.39, 0.29) is 0 Å². The molecule has 2 aliphatic heterocycles. The highest BCUT2D eigenvalue weighted by molar-refractivity contribution is 5.64. The quantitative estimate of drug-likeness (QED) is 0.672. The molecule has 5 heteroatoms. The monoisotopic (exact) mass is 200 g/mol. The van der Waals surface area contributed by atoms with Gasteiger partial charge in [-0.25, -0.2) is 4.79 Å². The van der Waals surface area contributed by atoms with E-state index < -0.39 is 6.09 Å². The van der Waals surface area contributed by atoms with Gasteiger partial charge in [-0.2, -0.15) is 0 Å². The number of nitrogens with zero attached hydrogens (tertiary/aromatic N) is 1. The molecule has 2 aliphatic rings. The molecule has 5 nitrogen and oxygen atoms in total. The van der Waals surface area contributed by atoms with Gasteiger partial charge < -0.3 is 15.2 Å². The summed E-state index contributed by atoms with van der Waals surface area (Å²) >= 11 is 0. The predicted molar refractivity (Wildman–Crippen MR) is 50.3 cm³/mol. The topological polar surface area (TPSA) is 61.8 Å². The fraction of sp³-hybridized carbons (Fsp3) is 0.889. The Balaban J connectivity index is 1.68. The van der Waals surface area contributed by atoms with Crippen molar-refractivity contribution in [2.24, 2.45) is 5.92 Å². The van der Waals surface area contributed by atoms with Crippen molar-refractivity contribution in [2.75, 3.05) is 32.8 Å². The Kier molecular flexibility index (Phi) is 2.88. The highest BCUT2D eigenvalue weighted by Gasteiger charge is 2.32. The lowest BCUT2D eigenvalue weighted by molar-refractivity contribution is -0.0580. The summed E-state index contributed by atoms with van der Waals surface area (Å²) in [5.41, 5.74) is 0. The van der Waals surface area contributed by atoms with Crippen LogP contribution in [0, 0.1) is 5.92 Å². The molecule has 0 aromatic carbocycles. The molecule has 2 fully saturated rings. The molecule has 2 N–H and O–H groups in total. The Morgan fingerprint density at radius 2 is 2.36 bits per heavy atom. The van der Waals surface area contributed by atoms with Crippen LogP contribution < -0.4 is 5.32 Å². The first-order chi connectivity index (χ1) is 6.75. The van der Waals surface area contributed by atoms with Crippen LogP contribution in [0.15, 0.2) is 0 Å². The minimum atomic E-state index is -0.921. The molecule has 0 aromatic rings. The van der Waals surface area contributed by atoms with E-state index in [1.165, 1.54) is 0 Å². The number of ether oxygens (including phenoxy) is 1. The van der Waals surface area contributed by atoms with Gasteiger partial charge in [-0.05, 0) is 18.9 Å². The lowest BCUT2D eigenvalue weighted by Gasteiger charge is -2.34. The average Bonchev–Trinajstić information content (AvgIpc) is 2.46. The third kappa shape index (κ3) is 2.16. The van der Waals surface area contributed by atoms with Crippen molar-refractivity contribution in [3.05, 3.63) is 0 Å². The number of carboxylic acid groups (broad SMARTS) is 1. The molecule has 0 saturated carbocycles. The maximum absolute atomic E-state index is 10.3. The second-order valence-corrected chi connectivity index (χ2v) is 4.03. The van der Waals surface area contributed by atoms with Crippen LogP contribution in [-0.2, 0) is 4.74 Å². The van der Waals surface area contributed by atoms with Crippen LogP contribution in [0.2, 0.25) is 0 Å². The maximum atomic E-state index is 10.3. The highest BCUT2D eigenvalue weighted by atomic mass is 16.5. The summed E-state index contributed by atoms with van der Waals surface area (Å²) in [7, 11) is 0. The number of hydrogen-bond donors (Lipinski definition) is 2. The molecule has 2 rings (SSSR count). The van der Waals surface area contributed by atoms with Gasteiger partial charge in [0.25, 0.3) is 0 Å². The molecule has 1 unspecified atom stereocenters. The van der Waals surface area contributed by atoms with E-state index in [0.717, 1.165) is 32.7 Å². The van der Waals surface area contributed by atoms with Crippen molar-refractivity contribution in [3.8, 4) is 0 Å². The summed E-state index contributed by atoms with van der Waals surface area (Å²) in [5.74, 6) is 0.478. The fourth-order valence-electron chi connectivity index (χ4n) is 2.03. The summed E-state index contributed by atoms with van der Waals surface area (Å²) in [4.78, 5) is 12.7. The Hall–Kier alpha value is -0.810. The fourth-order valence-corrected chi connectivity index (χ4v) is 2.03. The van der Waals surface area contributed by atoms with Crippen LogP contribution in [0.1, 0.15) is 6.42 Å². The van der Waals surface area contributed by atoms with Crippen molar-refractivity contribution >= 4 is 6.09 Å². The van der Waals surface area contributed by atoms with Crippen LogP contribution in [0.4, 0.5) is 4.79 Å². The van der Waals surface area contributed by atoms with Crippen LogP contribution in [0.3, 0.4) is 0 Å². The molecule has 0 bridgehead atoms. The Morgan fingerprint density at radius 1 is 1.57 bits per heavy atom. The van der Waals surface area contributed by atoms with Crippen LogP contribution in [0.5, 0.6) is 0 Å². The van der Waals surface area contributed by atoms with Gasteiger partial charge in [0.2, 0.25) is 0 Å². The Labute approximate surface area is 83.0 Å². The molecule has 2 heterocycles. The molecule has 80 valence electrons. The van der Waals surface area contributed by atoms with Crippen LogP contribution >= 0.6 is 0 Å². The standard InChI is InChI=1S/C9H16N2O3/c12-9(13)10-3-7-1-2-11(4-7)8-5-14-6-8/h7-8,10H,1-6H2,(H,12,13). The summed E-state index contributed by atoms with van der Waals surface area (Å²) in [5, 5.41) is 10.9. The van der Waals surface area contributed by atoms with Crippen LogP contribution in [0.25, 0.3) is 0 Å². The zero-order chi connectivity index (χ0) is 9.97. The second kappa shape index (κ2) is 4.14. The molecule has 1 atom stereocenters. The first-order valence-electron chi connectivity index (χ1n) is 5.04. The highest BCUT2D eigenvalue weighted by Crippen LogP contribution is 2.21. The number of nitrogens with one attached hydrogen (secondary N) is 1. The van der Waals surface area contributed by atoms with E-state index in [2.05, 4.69) is 10.2 Å². The number of amides is 1. The largest absolute Gasteiger partial charge is 0.465 e. The summed E-state index contributed by atoms with van der Waals surface area (Å²) < 4.78 is 5.13. The molecular weight excluding hydrogens is 184 g/mol. The third-order valence-corrected chi connectivity index (χ3v) is 3.00. The second-order valence-electron chi connectivity index (χ2n) is 4.03. The molecule has 0 radical (unpaired) electrons. The van der Waals surface area contributed by atoms with Crippen LogP contribution in [-0.4, -0.2) is 55.0 Å². The lowest BCUT2D eigenvalue weighted by atomic mass is 10.1. The summed E-state index contributed by atoms with van der Waals surface area (Å²) in [6.45, 7) is 4.37. The van der Waals surface area contributed by atoms with E-state index in [9.17, 15) is 4.79 Å². The first kappa shape index (κ1) is 9.73. The van der Waals surface area contributed by atoms with E-state index in [1.54, 1.807) is 0 Å². The Morgan fingerprint density at radius 3 is 2.93 bits per heavy atom. The molecule has 14 heavy (non-hydrogen) atoms. The van der Waals surface area contributed by atoms with Gasteiger partial charge in [-0.15, -0.1) is 0 Å². The van der Waals surface area contributed by atoms with Gasteiger partial charge in [0.15, 0.2) is 0 Å². The molecule has 1 amide bonds. The summed E-state index contributed by atoms with van der Waals surface area (Å²) in [6, 6.07) is 0.588. The predicted octanol–water partition coefficient (Wildman–Crippen LogP) is -0.0253. The molecule has 0 aromatic heterocycles. The van der Waals surface area contributed by atoms with E-state index >= 15 is 0 Å². The minimum absolute atomic E-state index is 0.478. The maximum Gasteiger partial charge on any atom is 0.404 e. The molecule has 0 aliphatic carbocycles.